The molecule has 0 aromatic carbocycles. The van der Waals surface area contributed by atoms with E-state index < -0.39 is 33.5 Å². The molecule has 0 atom stereocenters. The lowest BCUT2D eigenvalue weighted by Crippen LogP contribution is -2.48. The van der Waals surface area contributed by atoms with Gasteiger partial charge in [-0.05, 0) is 16.9 Å². The number of nitrogens with zero attached hydrogens (tertiary/aromatic N) is 1. The number of carbonyl (C=O) groups is 4. The molecule has 0 bridgehead atoms. The topological polar surface area (TPSA) is 111 Å². The predicted molar refractivity (Wildman–Crippen MR) is 107 cm³/mol. The maximum Gasteiger partial charge on any atom is 0.324 e. The largest absolute Gasteiger partial charge is 0.324 e. The fourth-order valence-electron chi connectivity index (χ4n) is 4.75. The van der Waals surface area contributed by atoms with Gasteiger partial charge in [0, 0.05) is 42.5 Å². The molecule has 1 heterocycles. The molecule has 0 unspecified atom stereocenters. The van der Waals surface area contributed by atoms with Crippen LogP contribution < -0.4 is 0 Å². The SMILES string of the molecule is CC1(C)CC(=O)C(C(c2ccc([N+](=O)[O-])s2)C2C(=O)CC(C)(C)CC2=O)C(=O)C1. The molecule has 1 aromatic heterocycles. The van der Waals surface area contributed by atoms with Gasteiger partial charge in [0.15, 0.2) is 0 Å². The highest BCUT2D eigenvalue weighted by molar-refractivity contribution is 7.15. The van der Waals surface area contributed by atoms with Crippen molar-refractivity contribution in [1.29, 1.82) is 0 Å². The van der Waals surface area contributed by atoms with Crippen LogP contribution in [0, 0.1) is 32.8 Å². The summed E-state index contributed by atoms with van der Waals surface area (Å²) in [4.78, 5) is 62.9. The smallest absolute Gasteiger partial charge is 0.299 e. The van der Waals surface area contributed by atoms with Crippen molar-refractivity contribution in [1.82, 2.24) is 0 Å². The molecule has 0 radical (unpaired) electrons. The molecule has 2 saturated carbocycles. The van der Waals surface area contributed by atoms with Crippen molar-refractivity contribution in [2.75, 3.05) is 0 Å². The highest BCUT2D eigenvalue weighted by atomic mass is 32.1. The summed E-state index contributed by atoms with van der Waals surface area (Å²) in [6.07, 6.45) is 0.698. The van der Waals surface area contributed by atoms with Crippen molar-refractivity contribution in [3.05, 3.63) is 27.1 Å². The van der Waals surface area contributed by atoms with Gasteiger partial charge in [0.1, 0.15) is 23.1 Å². The lowest BCUT2D eigenvalue weighted by atomic mass is 9.60. The van der Waals surface area contributed by atoms with E-state index in [1.165, 1.54) is 12.1 Å². The zero-order valence-corrected chi connectivity index (χ0v) is 17.8. The molecule has 2 fully saturated rings. The van der Waals surface area contributed by atoms with Crippen LogP contribution in [0.2, 0.25) is 0 Å². The second kappa shape index (κ2) is 7.23. The highest BCUT2D eigenvalue weighted by Gasteiger charge is 2.52. The summed E-state index contributed by atoms with van der Waals surface area (Å²) >= 11 is 0.836. The minimum absolute atomic E-state index is 0.142. The third-order valence-corrected chi connectivity index (χ3v) is 6.98. The van der Waals surface area contributed by atoms with E-state index >= 15 is 0 Å². The number of nitro groups is 1. The van der Waals surface area contributed by atoms with Crippen molar-refractivity contribution in [2.45, 2.75) is 59.3 Å². The van der Waals surface area contributed by atoms with Gasteiger partial charge >= 0.3 is 5.00 Å². The van der Waals surface area contributed by atoms with Gasteiger partial charge in [0.2, 0.25) is 0 Å². The fourth-order valence-corrected chi connectivity index (χ4v) is 5.75. The standard InChI is InChI=1S/C21H25NO6S/c1-20(2)7-11(23)17(12(24)8-20)19(15-5-6-16(29-15)22(27)28)18-13(25)9-21(3,4)10-14(18)26/h5-6,17-19H,7-10H2,1-4H3. The Hall–Kier alpha value is -2.22. The Morgan fingerprint density at radius 1 is 0.862 bits per heavy atom. The lowest BCUT2D eigenvalue weighted by molar-refractivity contribution is -0.380. The Morgan fingerprint density at radius 2 is 1.24 bits per heavy atom. The monoisotopic (exact) mass is 419 g/mol. The van der Waals surface area contributed by atoms with E-state index in [0.29, 0.717) is 4.88 Å². The minimum Gasteiger partial charge on any atom is -0.299 e. The number of hydrogen-bond donors (Lipinski definition) is 0. The minimum atomic E-state index is -1.11. The number of ketones is 4. The van der Waals surface area contributed by atoms with Gasteiger partial charge < -0.3 is 0 Å². The Morgan fingerprint density at radius 3 is 1.55 bits per heavy atom. The van der Waals surface area contributed by atoms with Crippen LogP contribution in [0.5, 0.6) is 0 Å². The number of hydrogen-bond acceptors (Lipinski definition) is 7. The van der Waals surface area contributed by atoms with E-state index in [0.717, 1.165) is 11.3 Å². The van der Waals surface area contributed by atoms with E-state index in [4.69, 9.17) is 0 Å². The van der Waals surface area contributed by atoms with Crippen LogP contribution in [0.3, 0.4) is 0 Å². The van der Waals surface area contributed by atoms with Gasteiger partial charge in [0.05, 0.1) is 16.8 Å². The van der Waals surface area contributed by atoms with E-state index in [1.54, 1.807) is 0 Å². The van der Waals surface area contributed by atoms with Crippen molar-refractivity contribution in [3.63, 3.8) is 0 Å². The molecule has 156 valence electrons. The second-order valence-corrected chi connectivity index (χ2v) is 10.9. The van der Waals surface area contributed by atoms with Crippen LogP contribution in [0.4, 0.5) is 5.00 Å². The van der Waals surface area contributed by atoms with Crippen LogP contribution in [0.1, 0.15) is 64.2 Å². The first-order valence-corrected chi connectivity index (χ1v) is 10.5. The normalized spacial score (nSPS) is 23.1. The van der Waals surface area contributed by atoms with Gasteiger partial charge in [-0.25, -0.2) is 0 Å². The van der Waals surface area contributed by atoms with Crippen LogP contribution in [0.15, 0.2) is 12.1 Å². The molecular weight excluding hydrogens is 394 g/mol. The van der Waals surface area contributed by atoms with Crippen LogP contribution in [-0.4, -0.2) is 28.1 Å². The summed E-state index contributed by atoms with van der Waals surface area (Å²) < 4.78 is 0. The maximum absolute atomic E-state index is 13.0. The molecule has 29 heavy (non-hydrogen) atoms. The molecule has 0 saturated heterocycles. The first kappa shape index (κ1) is 21.5. The average molecular weight is 419 g/mol. The van der Waals surface area contributed by atoms with Crippen molar-refractivity contribution in [2.24, 2.45) is 22.7 Å². The first-order chi connectivity index (χ1) is 13.3. The first-order valence-electron chi connectivity index (χ1n) is 9.66. The van der Waals surface area contributed by atoms with Crippen LogP contribution in [-0.2, 0) is 19.2 Å². The Balaban J connectivity index is 2.09. The van der Waals surface area contributed by atoms with Crippen molar-refractivity contribution >= 4 is 39.5 Å². The molecule has 3 rings (SSSR count). The summed E-state index contributed by atoms with van der Waals surface area (Å²) in [6, 6.07) is 2.78. The highest BCUT2D eigenvalue weighted by Crippen LogP contribution is 2.48. The number of carbonyl (C=O) groups excluding carboxylic acids is 4. The van der Waals surface area contributed by atoms with E-state index in [-0.39, 0.29) is 53.8 Å². The van der Waals surface area contributed by atoms with Gasteiger partial charge in [-0.3, -0.25) is 29.3 Å². The summed E-state index contributed by atoms with van der Waals surface area (Å²) in [5, 5.41) is 11.0. The van der Waals surface area contributed by atoms with E-state index in [2.05, 4.69) is 0 Å². The summed E-state index contributed by atoms with van der Waals surface area (Å²) in [5.74, 6) is -4.35. The quantitative estimate of drug-likeness (QED) is 0.416. The molecule has 1 aromatic rings. The number of Topliss-reactive ketones (excluding diaryl/α,β-unsaturated/α-hetero) is 4. The van der Waals surface area contributed by atoms with E-state index in [1.807, 2.05) is 27.7 Å². The third kappa shape index (κ3) is 4.22. The third-order valence-electron chi connectivity index (χ3n) is 5.84. The number of rotatable bonds is 4. The van der Waals surface area contributed by atoms with Gasteiger partial charge in [0.25, 0.3) is 0 Å². The molecule has 8 heteroatoms. The Labute approximate surface area is 173 Å². The molecule has 2 aliphatic rings. The zero-order chi connectivity index (χ0) is 21.7. The Kier molecular flexibility index (Phi) is 5.36. The van der Waals surface area contributed by atoms with Gasteiger partial charge in [-0.15, -0.1) is 0 Å². The molecule has 0 amide bonds. The van der Waals surface area contributed by atoms with Gasteiger partial charge in [-0.2, -0.15) is 0 Å². The molecule has 0 aliphatic heterocycles. The maximum atomic E-state index is 13.0. The fraction of sp³-hybridized carbons (Fsp3) is 0.619. The second-order valence-electron chi connectivity index (χ2n) is 9.82. The van der Waals surface area contributed by atoms with Crippen molar-refractivity contribution in [3.8, 4) is 0 Å². The zero-order valence-electron chi connectivity index (χ0n) is 17.0. The lowest BCUT2D eigenvalue weighted by Gasteiger charge is -2.40. The molecule has 0 spiro atoms. The summed E-state index contributed by atoms with van der Waals surface area (Å²) in [5.41, 5.74) is -0.946. The van der Waals surface area contributed by atoms with Gasteiger partial charge in [-0.1, -0.05) is 39.0 Å². The molecule has 7 nitrogen and oxygen atoms in total. The number of thiophene rings is 1. The van der Waals surface area contributed by atoms with Crippen molar-refractivity contribution < 1.29 is 24.1 Å². The van der Waals surface area contributed by atoms with Crippen LogP contribution in [0.25, 0.3) is 0 Å². The summed E-state index contributed by atoms with van der Waals surface area (Å²) in [7, 11) is 0. The molecular formula is C21H25NO6S. The predicted octanol–water partition coefficient (Wildman–Crippen LogP) is 3.89. The summed E-state index contributed by atoms with van der Waals surface area (Å²) in [6.45, 7) is 7.35. The van der Waals surface area contributed by atoms with E-state index in [9.17, 15) is 29.3 Å². The molecule has 2 aliphatic carbocycles. The molecule has 0 N–H and O–H groups in total. The average Bonchev–Trinajstić information content (AvgIpc) is 2.99. The Bertz CT molecular complexity index is 824. The van der Waals surface area contributed by atoms with Crippen LogP contribution >= 0.6 is 11.3 Å².